The lowest BCUT2D eigenvalue weighted by atomic mass is 9.94. The highest BCUT2D eigenvalue weighted by atomic mass is 16.1. The molecule has 0 heterocycles. The summed E-state index contributed by atoms with van der Waals surface area (Å²) in [4.78, 5) is 11.9. The van der Waals surface area contributed by atoms with Crippen molar-refractivity contribution in [3.63, 3.8) is 0 Å². The highest BCUT2D eigenvalue weighted by molar-refractivity contribution is 5.76. The van der Waals surface area contributed by atoms with Crippen LogP contribution in [0, 0.1) is 5.92 Å². The maximum Gasteiger partial charge on any atom is 0.220 e. The Hall–Kier alpha value is -0.570. The van der Waals surface area contributed by atoms with Gasteiger partial charge in [0.05, 0.1) is 0 Å². The van der Waals surface area contributed by atoms with Crippen LogP contribution in [-0.2, 0) is 4.79 Å². The summed E-state index contributed by atoms with van der Waals surface area (Å²) in [5, 5.41) is 3.14. The SMILES string of the molecule is CCCC(CCN)CCC(=O)NC(CC)CCC. The molecule has 0 aliphatic heterocycles. The average molecular weight is 256 g/mol. The topological polar surface area (TPSA) is 55.1 Å². The Morgan fingerprint density at radius 3 is 2.22 bits per heavy atom. The number of nitrogens with two attached hydrogens (primary N) is 1. The van der Waals surface area contributed by atoms with Crippen molar-refractivity contribution in [1.29, 1.82) is 0 Å². The molecule has 0 aliphatic carbocycles. The zero-order valence-electron chi connectivity index (χ0n) is 12.5. The molecule has 3 heteroatoms. The lowest BCUT2D eigenvalue weighted by Crippen LogP contribution is -2.34. The molecule has 0 aliphatic rings. The number of hydrogen-bond acceptors (Lipinski definition) is 2. The van der Waals surface area contributed by atoms with Gasteiger partial charge in [0.2, 0.25) is 5.91 Å². The van der Waals surface area contributed by atoms with Gasteiger partial charge >= 0.3 is 0 Å². The largest absolute Gasteiger partial charge is 0.353 e. The summed E-state index contributed by atoms with van der Waals surface area (Å²) < 4.78 is 0. The average Bonchev–Trinajstić information content (AvgIpc) is 2.36. The number of rotatable bonds is 11. The first-order valence-corrected chi connectivity index (χ1v) is 7.67. The number of hydrogen-bond donors (Lipinski definition) is 2. The Morgan fingerprint density at radius 1 is 1.06 bits per heavy atom. The van der Waals surface area contributed by atoms with Gasteiger partial charge in [0.1, 0.15) is 0 Å². The second-order valence-corrected chi connectivity index (χ2v) is 5.23. The van der Waals surface area contributed by atoms with Gasteiger partial charge in [-0.3, -0.25) is 4.79 Å². The summed E-state index contributed by atoms with van der Waals surface area (Å²) in [5.41, 5.74) is 5.61. The Kier molecular flexibility index (Phi) is 11.2. The second kappa shape index (κ2) is 11.5. The van der Waals surface area contributed by atoms with Crippen LogP contribution in [0.3, 0.4) is 0 Å². The van der Waals surface area contributed by atoms with Crippen molar-refractivity contribution in [2.45, 2.75) is 78.2 Å². The minimum atomic E-state index is 0.216. The van der Waals surface area contributed by atoms with Crippen LogP contribution in [-0.4, -0.2) is 18.5 Å². The monoisotopic (exact) mass is 256 g/mol. The highest BCUT2D eigenvalue weighted by Gasteiger charge is 2.12. The maximum atomic E-state index is 11.9. The molecule has 108 valence electrons. The molecule has 0 aromatic heterocycles. The second-order valence-electron chi connectivity index (χ2n) is 5.23. The zero-order valence-corrected chi connectivity index (χ0v) is 12.5. The Bertz CT molecular complexity index is 201. The van der Waals surface area contributed by atoms with Gasteiger partial charge in [0.15, 0.2) is 0 Å². The van der Waals surface area contributed by atoms with Crippen LogP contribution < -0.4 is 11.1 Å². The van der Waals surface area contributed by atoms with Gasteiger partial charge in [-0.2, -0.15) is 0 Å². The lowest BCUT2D eigenvalue weighted by molar-refractivity contribution is -0.122. The molecule has 0 radical (unpaired) electrons. The first-order valence-electron chi connectivity index (χ1n) is 7.67. The minimum absolute atomic E-state index is 0.216. The van der Waals surface area contributed by atoms with Gasteiger partial charge < -0.3 is 11.1 Å². The third-order valence-corrected chi connectivity index (χ3v) is 3.55. The molecular formula is C15H32N2O. The van der Waals surface area contributed by atoms with Gasteiger partial charge in [0.25, 0.3) is 0 Å². The van der Waals surface area contributed by atoms with Crippen molar-refractivity contribution >= 4 is 5.91 Å². The Balaban J connectivity index is 3.91. The molecule has 0 spiro atoms. The highest BCUT2D eigenvalue weighted by Crippen LogP contribution is 2.17. The molecule has 2 atom stereocenters. The Labute approximate surface area is 113 Å². The van der Waals surface area contributed by atoms with Crippen LogP contribution in [0.5, 0.6) is 0 Å². The van der Waals surface area contributed by atoms with E-state index in [0.717, 1.165) is 38.6 Å². The van der Waals surface area contributed by atoms with Gasteiger partial charge in [-0.1, -0.05) is 40.0 Å². The van der Waals surface area contributed by atoms with E-state index in [9.17, 15) is 4.79 Å². The van der Waals surface area contributed by atoms with Crippen molar-refractivity contribution in [3.05, 3.63) is 0 Å². The predicted molar refractivity (Wildman–Crippen MR) is 78.4 cm³/mol. The van der Waals surface area contributed by atoms with Crippen LogP contribution in [0.2, 0.25) is 0 Å². The minimum Gasteiger partial charge on any atom is -0.353 e. The molecule has 0 saturated heterocycles. The lowest BCUT2D eigenvalue weighted by Gasteiger charge is -2.18. The van der Waals surface area contributed by atoms with E-state index in [4.69, 9.17) is 5.73 Å². The molecular weight excluding hydrogens is 224 g/mol. The van der Waals surface area contributed by atoms with Crippen LogP contribution >= 0.6 is 0 Å². The summed E-state index contributed by atoms with van der Waals surface area (Å²) in [7, 11) is 0. The van der Waals surface area contributed by atoms with Crippen molar-refractivity contribution < 1.29 is 4.79 Å². The summed E-state index contributed by atoms with van der Waals surface area (Å²) >= 11 is 0. The van der Waals surface area contributed by atoms with Crippen molar-refractivity contribution in [1.82, 2.24) is 5.32 Å². The fraction of sp³-hybridized carbons (Fsp3) is 0.933. The van der Waals surface area contributed by atoms with Crippen LogP contribution in [0.4, 0.5) is 0 Å². The van der Waals surface area contributed by atoms with Crippen LogP contribution in [0.25, 0.3) is 0 Å². The van der Waals surface area contributed by atoms with Crippen molar-refractivity contribution in [2.75, 3.05) is 6.54 Å². The van der Waals surface area contributed by atoms with E-state index in [0.29, 0.717) is 18.4 Å². The van der Waals surface area contributed by atoms with E-state index in [2.05, 4.69) is 26.1 Å². The van der Waals surface area contributed by atoms with Crippen molar-refractivity contribution in [3.8, 4) is 0 Å². The molecule has 0 fully saturated rings. The van der Waals surface area contributed by atoms with Gasteiger partial charge in [-0.15, -0.1) is 0 Å². The van der Waals surface area contributed by atoms with Crippen LogP contribution in [0.1, 0.15) is 72.1 Å². The predicted octanol–water partition coefficient (Wildman–Crippen LogP) is 3.23. The van der Waals surface area contributed by atoms with E-state index < -0.39 is 0 Å². The fourth-order valence-electron chi connectivity index (χ4n) is 2.44. The smallest absolute Gasteiger partial charge is 0.220 e. The standard InChI is InChI=1S/C15H32N2O/c1-4-7-13(11-12-16)9-10-15(18)17-14(6-3)8-5-2/h13-14H,4-12,16H2,1-3H3,(H,17,18). The summed E-state index contributed by atoms with van der Waals surface area (Å²) in [5.74, 6) is 0.838. The number of nitrogens with one attached hydrogen (secondary N) is 1. The van der Waals surface area contributed by atoms with E-state index >= 15 is 0 Å². The van der Waals surface area contributed by atoms with E-state index in [1.165, 1.54) is 12.8 Å². The molecule has 0 aromatic carbocycles. The quantitative estimate of drug-likeness (QED) is 0.596. The molecule has 1 amide bonds. The number of carbonyl (C=O) groups excluding carboxylic acids is 1. The summed E-state index contributed by atoms with van der Waals surface area (Å²) in [6, 6.07) is 0.363. The molecule has 0 aromatic rings. The first-order chi connectivity index (χ1) is 8.67. The van der Waals surface area contributed by atoms with E-state index in [-0.39, 0.29) is 5.91 Å². The Morgan fingerprint density at radius 2 is 1.72 bits per heavy atom. The summed E-state index contributed by atoms with van der Waals surface area (Å²) in [6.07, 6.45) is 8.31. The molecule has 3 nitrogen and oxygen atoms in total. The number of carbonyl (C=O) groups is 1. The third kappa shape index (κ3) is 8.51. The molecule has 18 heavy (non-hydrogen) atoms. The third-order valence-electron chi connectivity index (χ3n) is 3.55. The number of amides is 1. The molecule has 0 rings (SSSR count). The molecule has 0 bridgehead atoms. The summed E-state index contributed by atoms with van der Waals surface area (Å²) in [6.45, 7) is 7.22. The molecule has 3 N–H and O–H groups in total. The fourth-order valence-corrected chi connectivity index (χ4v) is 2.44. The molecule has 2 unspecified atom stereocenters. The van der Waals surface area contributed by atoms with E-state index in [1.807, 2.05) is 0 Å². The van der Waals surface area contributed by atoms with Gasteiger partial charge in [0, 0.05) is 12.5 Å². The normalized spacial score (nSPS) is 14.2. The zero-order chi connectivity index (χ0) is 13.8. The van der Waals surface area contributed by atoms with E-state index in [1.54, 1.807) is 0 Å². The van der Waals surface area contributed by atoms with Gasteiger partial charge in [-0.25, -0.2) is 0 Å². The first kappa shape index (κ1) is 17.4. The van der Waals surface area contributed by atoms with Gasteiger partial charge in [-0.05, 0) is 38.1 Å². The molecule has 0 saturated carbocycles. The van der Waals surface area contributed by atoms with Crippen molar-refractivity contribution in [2.24, 2.45) is 11.7 Å². The van der Waals surface area contributed by atoms with Crippen LogP contribution in [0.15, 0.2) is 0 Å². The maximum absolute atomic E-state index is 11.9.